The molecule has 0 saturated heterocycles. The smallest absolute Gasteiger partial charge is 0.234 e. The van der Waals surface area contributed by atoms with Crippen molar-refractivity contribution >= 4 is 35.0 Å². The first-order valence-electron chi connectivity index (χ1n) is 7.32. The maximum absolute atomic E-state index is 13.7. The Morgan fingerprint density at radius 3 is 2.88 bits per heavy atom. The number of imidazole rings is 1. The molecule has 0 atom stereocenters. The highest BCUT2D eigenvalue weighted by atomic mass is 35.5. The van der Waals surface area contributed by atoms with Crippen molar-refractivity contribution in [3.8, 4) is 0 Å². The summed E-state index contributed by atoms with van der Waals surface area (Å²) in [7, 11) is 1.64. The molecule has 0 aliphatic carbocycles. The molecule has 0 unspecified atom stereocenters. The topological polar surface area (TPSA) is 56.1 Å². The summed E-state index contributed by atoms with van der Waals surface area (Å²) in [4.78, 5) is 16.5. The maximum atomic E-state index is 13.7. The maximum Gasteiger partial charge on any atom is 0.234 e. The Bertz CT molecular complexity index is 736. The second-order valence-electron chi connectivity index (χ2n) is 5.17. The highest BCUT2D eigenvalue weighted by Crippen LogP contribution is 2.22. The van der Waals surface area contributed by atoms with Crippen molar-refractivity contribution in [3.05, 3.63) is 40.4 Å². The first-order valence-corrected chi connectivity index (χ1v) is 8.69. The molecule has 2 aromatic rings. The van der Waals surface area contributed by atoms with Gasteiger partial charge in [-0.3, -0.25) is 4.79 Å². The van der Waals surface area contributed by atoms with Gasteiger partial charge >= 0.3 is 0 Å². The van der Waals surface area contributed by atoms with Gasteiger partial charge in [0, 0.05) is 24.4 Å². The molecule has 5 nitrogen and oxygen atoms in total. The summed E-state index contributed by atoms with van der Waals surface area (Å²) in [5.41, 5.74) is 2.07. The number of carbonyl (C=O) groups excluding carboxylic acids is 1. The molecule has 1 heterocycles. The molecule has 0 radical (unpaired) electrons. The van der Waals surface area contributed by atoms with Gasteiger partial charge in [-0.25, -0.2) is 9.37 Å². The first kappa shape index (κ1) is 18.8. The van der Waals surface area contributed by atoms with Crippen LogP contribution in [-0.2, 0) is 16.1 Å². The van der Waals surface area contributed by atoms with Crippen LogP contribution in [0.4, 0.5) is 10.1 Å². The molecule has 0 saturated carbocycles. The number of ether oxygens (including phenoxy) is 1. The van der Waals surface area contributed by atoms with Gasteiger partial charge in [0.05, 0.1) is 23.7 Å². The lowest BCUT2D eigenvalue weighted by Gasteiger charge is -2.09. The molecular formula is C16H19ClFN3O2S. The third-order valence-corrected chi connectivity index (χ3v) is 4.69. The quantitative estimate of drug-likeness (QED) is 0.754. The molecular weight excluding hydrogens is 353 g/mol. The van der Waals surface area contributed by atoms with Crippen molar-refractivity contribution in [2.24, 2.45) is 0 Å². The predicted molar refractivity (Wildman–Crippen MR) is 94.3 cm³/mol. The summed E-state index contributed by atoms with van der Waals surface area (Å²) in [6.07, 6.45) is 0. The monoisotopic (exact) mass is 371 g/mol. The fraction of sp³-hybridized carbons (Fsp3) is 0.375. The van der Waals surface area contributed by atoms with Crippen LogP contribution in [0.1, 0.15) is 11.4 Å². The van der Waals surface area contributed by atoms with Crippen LogP contribution in [0.3, 0.4) is 0 Å². The second-order valence-corrected chi connectivity index (χ2v) is 6.55. The second kappa shape index (κ2) is 8.50. The molecule has 1 amide bonds. The van der Waals surface area contributed by atoms with E-state index in [0.29, 0.717) is 13.2 Å². The van der Waals surface area contributed by atoms with Crippen LogP contribution < -0.4 is 5.32 Å². The number of rotatable bonds is 7. The number of hydrogen-bond donors (Lipinski definition) is 1. The van der Waals surface area contributed by atoms with E-state index >= 15 is 0 Å². The van der Waals surface area contributed by atoms with Crippen LogP contribution in [0.2, 0.25) is 5.02 Å². The molecule has 2 rings (SSSR count). The minimum atomic E-state index is -0.561. The summed E-state index contributed by atoms with van der Waals surface area (Å²) >= 11 is 7.00. The lowest BCUT2D eigenvalue weighted by molar-refractivity contribution is -0.113. The van der Waals surface area contributed by atoms with Crippen LogP contribution >= 0.6 is 23.4 Å². The van der Waals surface area contributed by atoms with Crippen molar-refractivity contribution in [2.45, 2.75) is 25.5 Å². The number of halogens is 2. The third-order valence-electron chi connectivity index (χ3n) is 3.48. The standard InChI is InChI=1S/C16H19ClFN3O2S/c1-10-11(2)21(6-7-23-3)16(19-10)24-9-15(22)20-14-5-4-12(17)8-13(14)18/h4-5,8H,6-7,9H2,1-3H3,(H,20,22). The van der Waals surface area contributed by atoms with Gasteiger partial charge in [-0.15, -0.1) is 0 Å². The fourth-order valence-corrected chi connectivity index (χ4v) is 3.16. The van der Waals surface area contributed by atoms with Crippen molar-refractivity contribution in [3.63, 3.8) is 0 Å². The number of nitrogens with one attached hydrogen (secondary N) is 1. The lowest BCUT2D eigenvalue weighted by atomic mass is 10.3. The summed E-state index contributed by atoms with van der Waals surface area (Å²) < 4.78 is 20.8. The number of methoxy groups -OCH3 is 1. The number of thioether (sulfide) groups is 1. The normalized spacial score (nSPS) is 10.9. The molecule has 1 N–H and O–H groups in total. The SMILES string of the molecule is COCCn1c(SCC(=O)Nc2ccc(Cl)cc2F)nc(C)c1C. The van der Waals surface area contributed by atoms with Crippen molar-refractivity contribution < 1.29 is 13.9 Å². The van der Waals surface area contributed by atoms with Gasteiger partial charge in [-0.05, 0) is 32.0 Å². The summed E-state index contributed by atoms with van der Waals surface area (Å²) in [5, 5.41) is 3.56. The van der Waals surface area contributed by atoms with Crippen LogP contribution in [-0.4, -0.2) is 34.9 Å². The summed E-state index contributed by atoms with van der Waals surface area (Å²) in [5.74, 6) is -0.739. The zero-order valence-electron chi connectivity index (χ0n) is 13.7. The van der Waals surface area contributed by atoms with Crippen LogP contribution in [0.15, 0.2) is 23.4 Å². The van der Waals surface area contributed by atoms with Gasteiger partial charge in [-0.2, -0.15) is 0 Å². The highest BCUT2D eigenvalue weighted by Gasteiger charge is 2.14. The van der Waals surface area contributed by atoms with Gasteiger partial charge in [0.15, 0.2) is 5.16 Å². The van der Waals surface area contributed by atoms with Crippen LogP contribution in [0.25, 0.3) is 0 Å². The molecule has 0 aliphatic rings. The molecule has 8 heteroatoms. The van der Waals surface area contributed by atoms with Crippen LogP contribution in [0, 0.1) is 19.7 Å². The number of aryl methyl sites for hydroxylation is 1. The Balaban J connectivity index is 2.00. The third kappa shape index (κ3) is 4.72. The molecule has 24 heavy (non-hydrogen) atoms. The number of amides is 1. The minimum Gasteiger partial charge on any atom is -0.383 e. The molecule has 0 fully saturated rings. The number of hydrogen-bond acceptors (Lipinski definition) is 4. The van der Waals surface area contributed by atoms with E-state index in [2.05, 4.69) is 10.3 Å². The highest BCUT2D eigenvalue weighted by molar-refractivity contribution is 7.99. The van der Waals surface area contributed by atoms with E-state index in [1.807, 2.05) is 18.4 Å². The lowest BCUT2D eigenvalue weighted by Crippen LogP contribution is -2.16. The zero-order valence-corrected chi connectivity index (χ0v) is 15.3. The van der Waals surface area contributed by atoms with E-state index < -0.39 is 5.82 Å². The zero-order chi connectivity index (χ0) is 17.7. The van der Waals surface area contributed by atoms with Crippen molar-refractivity contribution in [1.29, 1.82) is 0 Å². The molecule has 1 aromatic carbocycles. The number of carbonyl (C=O) groups is 1. The summed E-state index contributed by atoms with van der Waals surface area (Å²) in [6, 6.07) is 4.13. The number of nitrogens with zero attached hydrogens (tertiary/aromatic N) is 2. The number of benzene rings is 1. The predicted octanol–water partition coefficient (Wildman–Crippen LogP) is 3.67. The van der Waals surface area contributed by atoms with Crippen molar-refractivity contribution in [2.75, 3.05) is 24.8 Å². The first-order chi connectivity index (χ1) is 11.4. The van der Waals surface area contributed by atoms with E-state index in [1.54, 1.807) is 7.11 Å². The van der Waals surface area contributed by atoms with Gasteiger partial charge in [0.2, 0.25) is 5.91 Å². The Labute approximate surface area is 149 Å². The molecule has 1 aromatic heterocycles. The average molecular weight is 372 g/mol. The Morgan fingerprint density at radius 1 is 1.46 bits per heavy atom. The van der Waals surface area contributed by atoms with E-state index in [0.717, 1.165) is 22.6 Å². The van der Waals surface area contributed by atoms with E-state index in [4.69, 9.17) is 16.3 Å². The number of aromatic nitrogens is 2. The van der Waals surface area contributed by atoms with E-state index in [9.17, 15) is 9.18 Å². The Hall–Kier alpha value is -1.57. The average Bonchev–Trinajstić information content (AvgIpc) is 2.80. The van der Waals surface area contributed by atoms with Gasteiger partial charge in [-0.1, -0.05) is 23.4 Å². The Kier molecular flexibility index (Phi) is 6.65. The van der Waals surface area contributed by atoms with Crippen molar-refractivity contribution in [1.82, 2.24) is 9.55 Å². The molecule has 0 aliphatic heterocycles. The fourth-order valence-electron chi connectivity index (χ4n) is 2.09. The van der Waals surface area contributed by atoms with E-state index in [1.165, 1.54) is 23.9 Å². The van der Waals surface area contributed by atoms with Gasteiger partial charge in [0.25, 0.3) is 0 Å². The summed E-state index contributed by atoms with van der Waals surface area (Å²) in [6.45, 7) is 5.13. The molecule has 0 spiro atoms. The Morgan fingerprint density at radius 2 is 2.21 bits per heavy atom. The molecule has 130 valence electrons. The van der Waals surface area contributed by atoms with Gasteiger partial charge in [0.1, 0.15) is 5.82 Å². The molecule has 0 bridgehead atoms. The minimum absolute atomic E-state index is 0.111. The van der Waals surface area contributed by atoms with E-state index in [-0.39, 0.29) is 22.4 Å². The van der Waals surface area contributed by atoms with Crippen LogP contribution in [0.5, 0.6) is 0 Å². The largest absolute Gasteiger partial charge is 0.383 e. The number of anilines is 1. The van der Waals surface area contributed by atoms with Gasteiger partial charge < -0.3 is 14.6 Å².